The van der Waals surface area contributed by atoms with E-state index in [-0.39, 0.29) is 24.0 Å². The monoisotopic (exact) mass is 403 g/mol. The second-order valence-electron chi connectivity index (χ2n) is 6.27. The molecule has 1 aromatic carbocycles. The zero-order valence-corrected chi connectivity index (χ0v) is 16.5. The van der Waals surface area contributed by atoms with E-state index in [1.807, 2.05) is 0 Å². The van der Waals surface area contributed by atoms with Crippen LogP contribution in [-0.2, 0) is 30.6 Å². The molecule has 7 nitrogen and oxygen atoms in total. The summed E-state index contributed by atoms with van der Waals surface area (Å²) >= 11 is 5.93. The van der Waals surface area contributed by atoms with Crippen LogP contribution in [0.5, 0.6) is 5.75 Å². The van der Waals surface area contributed by atoms with Crippen molar-refractivity contribution in [1.29, 1.82) is 0 Å². The quantitative estimate of drug-likeness (QED) is 0.668. The first-order valence-corrected chi connectivity index (χ1v) is 10.3. The van der Waals surface area contributed by atoms with E-state index in [0.717, 1.165) is 0 Å². The number of methoxy groups -OCH3 is 1. The van der Waals surface area contributed by atoms with Crippen molar-refractivity contribution in [3.05, 3.63) is 28.8 Å². The molecule has 0 N–H and O–H groups in total. The lowest BCUT2D eigenvalue weighted by molar-refractivity contribution is -0.158. The minimum Gasteiger partial charge on any atom is -0.496 e. The van der Waals surface area contributed by atoms with Gasteiger partial charge in [0.15, 0.2) is 15.9 Å². The van der Waals surface area contributed by atoms with Crippen molar-refractivity contribution in [2.45, 2.75) is 31.9 Å². The molecule has 1 fully saturated rings. The van der Waals surface area contributed by atoms with Gasteiger partial charge in [-0.05, 0) is 31.5 Å². The van der Waals surface area contributed by atoms with Crippen molar-refractivity contribution in [2.24, 2.45) is 0 Å². The fourth-order valence-electron chi connectivity index (χ4n) is 2.88. The van der Waals surface area contributed by atoms with Gasteiger partial charge in [0.05, 0.1) is 25.0 Å². The van der Waals surface area contributed by atoms with Crippen molar-refractivity contribution >= 4 is 33.3 Å². The first-order valence-electron chi connectivity index (χ1n) is 8.12. The van der Waals surface area contributed by atoms with Crippen molar-refractivity contribution in [2.75, 3.05) is 25.7 Å². The molecule has 1 heterocycles. The third-order valence-corrected chi connectivity index (χ3v) is 6.32. The van der Waals surface area contributed by atoms with Crippen molar-refractivity contribution < 1.29 is 27.5 Å². The topological polar surface area (TPSA) is 90.0 Å². The maximum Gasteiger partial charge on any atom is 0.311 e. The van der Waals surface area contributed by atoms with E-state index >= 15 is 0 Å². The van der Waals surface area contributed by atoms with E-state index in [9.17, 15) is 18.0 Å². The molecule has 0 bridgehead atoms. The maximum atomic E-state index is 12.4. The Morgan fingerprint density at radius 1 is 1.38 bits per heavy atom. The van der Waals surface area contributed by atoms with Crippen LogP contribution in [0.1, 0.15) is 18.9 Å². The maximum absolute atomic E-state index is 12.4. The van der Waals surface area contributed by atoms with E-state index in [2.05, 4.69) is 0 Å². The Balaban J connectivity index is 1.96. The second kappa shape index (κ2) is 8.26. The molecule has 1 saturated heterocycles. The predicted octanol–water partition coefficient (Wildman–Crippen LogP) is 1.47. The van der Waals surface area contributed by atoms with E-state index in [1.165, 1.54) is 26.0 Å². The largest absolute Gasteiger partial charge is 0.496 e. The van der Waals surface area contributed by atoms with Gasteiger partial charge in [0.2, 0.25) is 0 Å². The number of hydrogen-bond acceptors (Lipinski definition) is 6. The molecule has 2 rings (SSSR count). The Kier molecular flexibility index (Phi) is 6.52. The second-order valence-corrected chi connectivity index (χ2v) is 8.94. The number of rotatable bonds is 6. The summed E-state index contributed by atoms with van der Waals surface area (Å²) in [6.07, 6.45) is -0.714. The summed E-state index contributed by atoms with van der Waals surface area (Å²) in [6, 6.07) is 4.50. The molecule has 26 heavy (non-hydrogen) atoms. The minimum atomic E-state index is -3.10. The van der Waals surface area contributed by atoms with Gasteiger partial charge in [-0.3, -0.25) is 9.59 Å². The molecule has 0 aromatic heterocycles. The Hall–Kier alpha value is -1.80. The fraction of sp³-hybridized carbons (Fsp3) is 0.529. The van der Waals surface area contributed by atoms with Gasteiger partial charge in [0.1, 0.15) is 5.75 Å². The summed E-state index contributed by atoms with van der Waals surface area (Å²) in [5, 5.41) is 0.458. The zero-order chi connectivity index (χ0) is 19.5. The number of amides is 1. The van der Waals surface area contributed by atoms with Crippen LogP contribution in [0, 0.1) is 0 Å². The average molecular weight is 404 g/mol. The smallest absolute Gasteiger partial charge is 0.311 e. The number of benzene rings is 1. The van der Waals surface area contributed by atoms with Crippen LogP contribution < -0.4 is 4.74 Å². The number of hydrogen-bond donors (Lipinski definition) is 0. The zero-order valence-electron chi connectivity index (χ0n) is 14.9. The first kappa shape index (κ1) is 20.5. The van der Waals surface area contributed by atoms with Crippen molar-refractivity contribution in [1.82, 2.24) is 4.90 Å². The molecular weight excluding hydrogens is 382 g/mol. The molecule has 1 aliphatic heterocycles. The van der Waals surface area contributed by atoms with Crippen LogP contribution in [0.25, 0.3) is 0 Å². The van der Waals surface area contributed by atoms with E-state index in [1.54, 1.807) is 18.2 Å². The SMILES string of the molecule is COc1ccc(Cl)cc1CC(=O)O[C@@H](C)C(=O)N(C)[C@@H]1CCS(=O)(=O)C1. The third kappa shape index (κ3) is 5.11. The highest BCUT2D eigenvalue weighted by Crippen LogP contribution is 2.23. The predicted molar refractivity (Wildman–Crippen MR) is 97.1 cm³/mol. The van der Waals surface area contributed by atoms with Gasteiger partial charge in [-0.2, -0.15) is 0 Å². The molecule has 9 heteroatoms. The van der Waals surface area contributed by atoms with Crippen molar-refractivity contribution in [3.8, 4) is 5.75 Å². The van der Waals surface area contributed by atoms with Crippen LogP contribution in [0.3, 0.4) is 0 Å². The van der Waals surface area contributed by atoms with Crippen LogP contribution in [0.4, 0.5) is 0 Å². The van der Waals surface area contributed by atoms with Gasteiger partial charge in [-0.1, -0.05) is 11.6 Å². The molecule has 0 spiro atoms. The standard InChI is InChI=1S/C17H22ClNO6S/c1-11(17(21)19(2)14-6-7-26(22,23)10-14)25-16(20)9-12-8-13(18)4-5-15(12)24-3/h4-5,8,11,14H,6-7,9-10H2,1-3H3/t11-,14+/m0/s1. The summed E-state index contributed by atoms with van der Waals surface area (Å²) in [5.41, 5.74) is 0.555. The molecule has 1 aromatic rings. The highest BCUT2D eigenvalue weighted by Gasteiger charge is 2.34. The Morgan fingerprint density at radius 2 is 2.08 bits per heavy atom. The Labute approximate surface area is 158 Å². The van der Waals surface area contributed by atoms with Gasteiger partial charge in [-0.15, -0.1) is 0 Å². The molecule has 144 valence electrons. The number of carbonyl (C=O) groups excluding carboxylic acids is 2. The minimum absolute atomic E-state index is 0.0599. The van der Waals surface area contributed by atoms with Crippen LogP contribution in [-0.4, -0.2) is 63.0 Å². The highest BCUT2D eigenvalue weighted by molar-refractivity contribution is 7.91. The summed E-state index contributed by atoms with van der Waals surface area (Å²) in [7, 11) is -0.0963. The number of carbonyl (C=O) groups is 2. The van der Waals surface area contributed by atoms with E-state index in [0.29, 0.717) is 22.8 Å². The number of ether oxygens (including phenoxy) is 2. The molecule has 1 aliphatic rings. The molecule has 1 amide bonds. The van der Waals surface area contributed by atoms with Crippen LogP contribution in [0.2, 0.25) is 5.02 Å². The number of likely N-dealkylation sites (N-methyl/N-ethyl adjacent to an activating group) is 1. The van der Waals surface area contributed by atoms with Crippen LogP contribution >= 0.6 is 11.6 Å². The van der Waals surface area contributed by atoms with Crippen molar-refractivity contribution in [3.63, 3.8) is 0 Å². The highest BCUT2D eigenvalue weighted by atomic mass is 35.5. The number of sulfone groups is 1. The molecule has 0 radical (unpaired) electrons. The lowest BCUT2D eigenvalue weighted by Gasteiger charge is -2.26. The summed E-state index contributed by atoms with van der Waals surface area (Å²) in [4.78, 5) is 25.9. The Bertz CT molecular complexity index is 794. The van der Waals surface area contributed by atoms with Gasteiger partial charge >= 0.3 is 5.97 Å². The lowest BCUT2D eigenvalue weighted by atomic mass is 10.1. The molecule has 0 saturated carbocycles. The van der Waals surface area contributed by atoms with E-state index < -0.39 is 27.8 Å². The van der Waals surface area contributed by atoms with Crippen LogP contribution in [0.15, 0.2) is 18.2 Å². The molecule has 2 atom stereocenters. The molecule has 0 aliphatic carbocycles. The van der Waals surface area contributed by atoms with E-state index in [4.69, 9.17) is 21.1 Å². The Morgan fingerprint density at radius 3 is 2.65 bits per heavy atom. The average Bonchev–Trinajstić information content (AvgIpc) is 2.93. The fourth-order valence-corrected chi connectivity index (χ4v) is 4.85. The van der Waals surface area contributed by atoms with Gasteiger partial charge in [0, 0.05) is 23.7 Å². The first-order chi connectivity index (χ1) is 12.1. The molecular formula is C17H22ClNO6S. The number of esters is 1. The van der Waals surface area contributed by atoms with Gasteiger partial charge < -0.3 is 14.4 Å². The summed E-state index contributed by atoms with van der Waals surface area (Å²) < 4.78 is 33.5. The summed E-state index contributed by atoms with van der Waals surface area (Å²) in [5.74, 6) is -0.524. The summed E-state index contributed by atoms with van der Waals surface area (Å²) in [6.45, 7) is 1.47. The van der Waals surface area contributed by atoms with Gasteiger partial charge in [0.25, 0.3) is 5.91 Å². The normalized spacial score (nSPS) is 19.6. The lowest BCUT2D eigenvalue weighted by Crippen LogP contribution is -2.44. The number of nitrogens with zero attached hydrogens (tertiary/aromatic N) is 1. The third-order valence-electron chi connectivity index (χ3n) is 4.34. The number of halogens is 1. The van der Waals surface area contributed by atoms with Gasteiger partial charge in [-0.25, -0.2) is 8.42 Å². The molecule has 0 unspecified atom stereocenters.